The molecule has 0 radical (unpaired) electrons. The molecule has 0 atom stereocenters. The lowest BCUT2D eigenvalue weighted by molar-refractivity contribution is 0.284. The highest BCUT2D eigenvalue weighted by Crippen LogP contribution is 2.29. The molecule has 0 amide bonds. The molecule has 0 spiro atoms. The van der Waals surface area contributed by atoms with Gasteiger partial charge in [-0.2, -0.15) is 0 Å². The first kappa shape index (κ1) is 14.7. The van der Waals surface area contributed by atoms with Gasteiger partial charge in [0, 0.05) is 17.1 Å². The van der Waals surface area contributed by atoms with E-state index in [1.165, 1.54) is 0 Å². The molecule has 2 rings (SSSR count). The Morgan fingerprint density at radius 1 is 1.10 bits per heavy atom. The van der Waals surface area contributed by atoms with E-state index in [-0.39, 0.29) is 0 Å². The molecule has 2 aromatic carbocycles. The normalized spacial score (nSPS) is 10.3. The maximum Gasteiger partial charge on any atom is 0.161 e. The first-order valence-electron chi connectivity index (χ1n) is 6.42. The van der Waals surface area contributed by atoms with Gasteiger partial charge in [-0.25, -0.2) is 0 Å². The summed E-state index contributed by atoms with van der Waals surface area (Å²) in [4.78, 5) is 0. The van der Waals surface area contributed by atoms with Crippen LogP contribution >= 0.6 is 11.6 Å². The van der Waals surface area contributed by atoms with E-state index in [0.717, 1.165) is 29.2 Å². The number of nitrogens with one attached hydrogen (secondary N) is 1. The molecule has 2 aromatic rings. The Balaban J connectivity index is 2.15. The molecular formula is C16H18ClNO2. The van der Waals surface area contributed by atoms with Crippen molar-refractivity contribution in [1.82, 2.24) is 5.32 Å². The number of benzene rings is 2. The predicted octanol–water partition coefficient (Wildman–Crippen LogP) is 3.65. The zero-order chi connectivity index (χ0) is 14.4. The van der Waals surface area contributed by atoms with Crippen molar-refractivity contribution in [3.8, 4) is 11.5 Å². The summed E-state index contributed by atoms with van der Waals surface area (Å²) in [5, 5.41) is 3.82. The largest absolute Gasteiger partial charge is 0.493 e. The highest BCUT2D eigenvalue weighted by atomic mass is 35.5. The molecule has 0 saturated carbocycles. The number of ether oxygens (including phenoxy) is 2. The Hall–Kier alpha value is -1.71. The Labute approximate surface area is 124 Å². The Bertz CT molecular complexity index is 572. The van der Waals surface area contributed by atoms with E-state index in [4.69, 9.17) is 21.1 Å². The van der Waals surface area contributed by atoms with E-state index in [1.807, 2.05) is 49.5 Å². The van der Waals surface area contributed by atoms with Gasteiger partial charge in [0.25, 0.3) is 0 Å². The molecule has 0 aliphatic heterocycles. The van der Waals surface area contributed by atoms with Crippen LogP contribution in [0.3, 0.4) is 0 Å². The van der Waals surface area contributed by atoms with Gasteiger partial charge in [0.05, 0.1) is 7.11 Å². The number of hydrogen-bond acceptors (Lipinski definition) is 3. The van der Waals surface area contributed by atoms with Gasteiger partial charge in [0.15, 0.2) is 11.5 Å². The molecule has 0 aliphatic rings. The summed E-state index contributed by atoms with van der Waals surface area (Å²) in [5.74, 6) is 1.44. The van der Waals surface area contributed by atoms with Gasteiger partial charge < -0.3 is 14.8 Å². The standard InChI is InChI=1S/C16H18ClNO2/c1-18-10-12-7-8-15(19-2)16(9-12)20-11-13-5-3-4-6-14(13)17/h3-9,18H,10-11H2,1-2H3. The lowest BCUT2D eigenvalue weighted by atomic mass is 10.2. The molecule has 20 heavy (non-hydrogen) atoms. The summed E-state index contributed by atoms with van der Waals surface area (Å²) < 4.78 is 11.2. The van der Waals surface area contributed by atoms with Crippen LogP contribution in [0.2, 0.25) is 5.02 Å². The average Bonchev–Trinajstić information content (AvgIpc) is 2.47. The van der Waals surface area contributed by atoms with E-state index < -0.39 is 0 Å². The van der Waals surface area contributed by atoms with Crippen LogP contribution in [0.4, 0.5) is 0 Å². The third-order valence-electron chi connectivity index (χ3n) is 2.95. The lowest BCUT2D eigenvalue weighted by Crippen LogP contribution is -2.06. The van der Waals surface area contributed by atoms with Gasteiger partial charge in [-0.1, -0.05) is 35.9 Å². The van der Waals surface area contributed by atoms with Crippen LogP contribution in [0.25, 0.3) is 0 Å². The summed E-state index contributed by atoms with van der Waals surface area (Å²) in [7, 11) is 3.55. The maximum absolute atomic E-state index is 6.12. The third-order valence-corrected chi connectivity index (χ3v) is 3.32. The van der Waals surface area contributed by atoms with Crippen molar-refractivity contribution < 1.29 is 9.47 Å². The molecule has 4 heteroatoms. The molecule has 0 heterocycles. The number of halogens is 1. The van der Waals surface area contributed by atoms with Crippen molar-refractivity contribution in [2.24, 2.45) is 0 Å². The van der Waals surface area contributed by atoms with Crippen molar-refractivity contribution in [3.63, 3.8) is 0 Å². The van der Waals surface area contributed by atoms with Crippen LogP contribution in [-0.2, 0) is 13.2 Å². The van der Waals surface area contributed by atoms with Gasteiger partial charge in [0.2, 0.25) is 0 Å². The Morgan fingerprint density at radius 3 is 2.60 bits per heavy atom. The van der Waals surface area contributed by atoms with Crippen LogP contribution < -0.4 is 14.8 Å². The molecular weight excluding hydrogens is 274 g/mol. The minimum absolute atomic E-state index is 0.416. The first-order chi connectivity index (χ1) is 9.74. The fourth-order valence-corrected chi connectivity index (χ4v) is 2.11. The van der Waals surface area contributed by atoms with Gasteiger partial charge in [0.1, 0.15) is 6.61 Å². The molecule has 0 unspecified atom stereocenters. The summed E-state index contributed by atoms with van der Waals surface area (Å²) in [6.07, 6.45) is 0. The van der Waals surface area contributed by atoms with Gasteiger partial charge in [-0.15, -0.1) is 0 Å². The van der Waals surface area contributed by atoms with Crippen LogP contribution in [-0.4, -0.2) is 14.2 Å². The second-order valence-corrected chi connectivity index (χ2v) is 4.80. The van der Waals surface area contributed by atoms with Crippen molar-refractivity contribution in [2.45, 2.75) is 13.2 Å². The van der Waals surface area contributed by atoms with Crippen LogP contribution in [0.5, 0.6) is 11.5 Å². The molecule has 1 N–H and O–H groups in total. The molecule has 0 aromatic heterocycles. The van der Waals surface area contributed by atoms with Crippen molar-refractivity contribution in [3.05, 3.63) is 58.6 Å². The van der Waals surface area contributed by atoms with Crippen LogP contribution in [0, 0.1) is 0 Å². The van der Waals surface area contributed by atoms with Crippen LogP contribution in [0.1, 0.15) is 11.1 Å². The zero-order valence-electron chi connectivity index (χ0n) is 11.7. The monoisotopic (exact) mass is 291 g/mol. The van der Waals surface area contributed by atoms with E-state index in [0.29, 0.717) is 11.6 Å². The molecule has 0 saturated heterocycles. The summed E-state index contributed by atoms with van der Waals surface area (Å²) in [6.45, 7) is 1.20. The quantitative estimate of drug-likeness (QED) is 0.881. The van der Waals surface area contributed by atoms with E-state index in [2.05, 4.69) is 5.32 Å². The van der Waals surface area contributed by atoms with E-state index in [1.54, 1.807) is 7.11 Å². The molecule has 0 fully saturated rings. The van der Waals surface area contributed by atoms with Crippen molar-refractivity contribution >= 4 is 11.6 Å². The SMILES string of the molecule is CNCc1ccc(OC)c(OCc2ccccc2Cl)c1. The second-order valence-electron chi connectivity index (χ2n) is 4.40. The molecule has 106 valence electrons. The topological polar surface area (TPSA) is 30.5 Å². The summed E-state index contributed by atoms with van der Waals surface area (Å²) in [5.41, 5.74) is 2.10. The molecule has 0 bridgehead atoms. The van der Waals surface area contributed by atoms with Crippen molar-refractivity contribution in [2.75, 3.05) is 14.2 Å². The second kappa shape index (κ2) is 7.17. The zero-order valence-corrected chi connectivity index (χ0v) is 12.4. The fourth-order valence-electron chi connectivity index (χ4n) is 1.92. The van der Waals surface area contributed by atoms with Crippen LogP contribution in [0.15, 0.2) is 42.5 Å². The summed E-state index contributed by atoms with van der Waals surface area (Å²) >= 11 is 6.12. The molecule has 3 nitrogen and oxygen atoms in total. The highest BCUT2D eigenvalue weighted by molar-refractivity contribution is 6.31. The Kier molecular flexibility index (Phi) is 5.27. The smallest absolute Gasteiger partial charge is 0.161 e. The first-order valence-corrected chi connectivity index (χ1v) is 6.80. The van der Waals surface area contributed by atoms with E-state index >= 15 is 0 Å². The number of rotatable bonds is 6. The minimum Gasteiger partial charge on any atom is -0.493 e. The maximum atomic E-state index is 6.12. The lowest BCUT2D eigenvalue weighted by Gasteiger charge is -2.13. The number of methoxy groups -OCH3 is 1. The average molecular weight is 292 g/mol. The predicted molar refractivity (Wildman–Crippen MR) is 81.5 cm³/mol. The van der Waals surface area contributed by atoms with Gasteiger partial charge in [-0.3, -0.25) is 0 Å². The molecule has 0 aliphatic carbocycles. The van der Waals surface area contributed by atoms with Gasteiger partial charge in [-0.05, 0) is 30.8 Å². The van der Waals surface area contributed by atoms with E-state index in [9.17, 15) is 0 Å². The minimum atomic E-state index is 0.416. The Morgan fingerprint density at radius 2 is 1.90 bits per heavy atom. The van der Waals surface area contributed by atoms with Gasteiger partial charge >= 0.3 is 0 Å². The fraction of sp³-hybridized carbons (Fsp3) is 0.250. The van der Waals surface area contributed by atoms with Crippen molar-refractivity contribution in [1.29, 1.82) is 0 Å². The number of hydrogen-bond donors (Lipinski definition) is 1. The summed E-state index contributed by atoms with van der Waals surface area (Å²) in [6, 6.07) is 13.6. The third kappa shape index (κ3) is 3.65. The highest BCUT2D eigenvalue weighted by Gasteiger charge is 2.07.